The third-order valence-electron chi connectivity index (χ3n) is 7.67. The molecule has 0 spiro atoms. The van der Waals surface area contributed by atoms with Gasteiger partial charge in [0.25, 0.3) is 5.91 Å². The Kier molecular flexibility index (Phi) is 7.87. The fourth-order valence-corrected chi connectivity index (χ4v) is 6.76. The number of anilines is 2. The van der Waals surface area contributed by atoms with E-state index in [-0.39, 0.29) is 18.1 Å². The van der Waals surface area contributed by atoms with Crippen molar-refractivity contribution in [1.29, 1.82) is 0 Å². The smallest absolute Gasteiger partial charge is 0.254 e. The zero-order valence-electron chi connectivity index (χ0n) is 21.6. The largest absolute Gasteiger partial charge is 0.611 e. The summed E-state index contributed by atoms with van der Waals surface area (Å²) in [4.78, 5) is 27.2. The predicted molar refractivity (Wildman–Crippen MR) is 144 cm³/mol. The molecule has 1 N–H and O–H groups in total. The molecule has 5 heterocycles. The van der Waals surface area contributed by atoms with Gasteiger partial charge in [0.1, 0.15) is 23.3 Å². The van der Waals surface area contributed by atoms with Crippen molar-refractivity contribution >= 4 is 28.8 Å². The van der Waals surface area contributed by atoms with Gasteiger partial charge in [0, 0.05) is 70.3 Å². The molecule has 4 aliphatic heterocycles. The van der Waals surface area contributed by atoms with Crippen LogP contribution in [0.2, 0.25) is 0 Å². The number of fused-ring (bicyclic) bond motifs is 1. The van der Waals surface area contributed by atoms with Gasteiger partial charge in [0.15, 0.2) is 5.82 Å². The maximum absolute atomic E-state index is 12.7. The molecular formula is C27H35N5O5S. The number of aromatic nitrogens is 2. The Bertz CT molecular complexity index is 1120. The normalized spacial score (nSPS) is 22.8. The molecule has 11 heteroatoms. The lowest BCUT2D eigenvalue weighted by molar-refractivity contribution is 0.0303. The molecule has 1 aromatic heterocycles. The van der Waals surface area contributed by atoms with Crippen molar-refractivity contribution in [2.75, 3.05) is 68.6 Å². The number of benzene rings is 1. The lowest BCUT2D eigenvalue weighted by atomic mass is 10.1. The lowest BCUT2D eigenvalue weighted by Crippen LogP contribution is -2.40. The highest BCUT2D eigenvalue weighted by Crippen LogP contribution is 2.34. The first-order valence-corrected chi connectivity index (χ1v) is 15.0. The van der Waals surface area contributed by atoms with Crippen LogP contribution in [0.15, 0.2) is 29.2 Å². The number of carbonyl (C=O) groups excluding carboxylic acids is 1. The fraction of sp³-hybridized carbons (Fsp3) is 0.593. The molecule has 6 rings (SSSR count). The number of aryl methyl sites for hydroxylation is 1. The highest BCUT2D eigenvalue weighted by molar-refractivity contribution is 7.91. The van der Waals surface area contributed by atoms with Crippen LogP contribution in [-0.4, -0.2) is 95.8 Å². The Morgan fingerprint density at radius 2 is 1.68 bits per heavy atom. The van der Waals surface area contributed by atoms with Crippen LogP contribution in [0.4, 0.5) is 11.8 Å². The average molecular weight is 542 g/mol. The Hall–Kier alpha value is -2.60. The molecule has 1 atom stereocenters. The number of piperidine rings is 1. The van der Waals surface area contributed by atoms with Crippen molar-refractivity contribution < 1.29 is 23.6 Å². The Morgan fingerprint density at radius 1 is 0.974 bits per heavy atom. The van der Waals surface area contributed by atoms with Gasteiger partial charge >= 0.3 is 0 Å². The number of hydrogen-bond acceptors (Lipinski definition) is 9. The Morgan fingerprint density at radius 3 is 2.42 bits per heavy atom. The van der Waals surface area contributed by atoms with E-state index in [1.807, 2.05) is 29.2 Å². The second kappa shape index (κ2) is 11.6. The summed E-state index contributed by atoms with van der Waals surface area (Å²) in [5.41, 5.74) is 1.59. The molecule has 2 aromatic rings. The summed E-state index contributed by atoms with van der Waals surface area (Å²) in [6.45, 7) is 5.50. The van der Waals surface area contributed by atoms with Gasteiger partial charge in [-0.05, 0) is 48.3 Å². The van der Waals surface area contributed by atoms with E-state index in [4.69, 9.17) is 24.2 Å². The Labute approximate surface area is 226 Å². The van der Waals surface area contributed by atoms with E-state index >= 15 is 0 Å². The standard InChI is InChI=1S/C27H35N5O5S/c33-26(31-12-16-36-17-13-31)19-1-3-21(4-2-19)37-22-5-10-32(11-6-22)27-29-23-9-18-38(34)24(23)25(30-27)28-20-7-14-35-15-8-20/h1-4,20,22H,5-18H2,(H,28,29,30). The molecule has 0 radical (unpaired) electrons. The van der Waals surface area contributed by atoms with Gasteiger partial charge in [0.05, 0.1) is 13.2 Å². The van der Waals surface area contributed by atoms with Crippen molar-refractivity contribution in [3.05, 3.63) is 35.5 Å². The van der Waals surface area contributed by atoms with E-state index in [9.17, 15) is 9.35 Å². The van der Waals surface area contributed by atoms with Gasteiger partial charge in [0.2, 0.25) is 10.8 Å². The molecule has 0 saturated carbocycles. The molecule has 4 aliphatic rings. The van der Waals surface area contributed by atoms with Crippen LogP contribution in [0.3, 0.4) is 0 Å². The van der Waals surface area contributed by atoms with Gasteiger partial charge < -0.3 is 33.9 Å². The number of hydrogen-bond donors (Lipinski definition) is 1. The number of ether oxygens (including phenoxy) is 3. The second-order valence-electron chi connectivity index (χ2n) is 10.2. The van der Waals surface area contributed by atoms with E-state index in [0.717, 1.165) is 80.6 Å². The SMILES string of the molecule is O=C(c1ccc(OC2CCN(c3nc4c(c(NC5CCOCC5)n3)[S+]([O-])CC4)CC2)cc1)N1CCOCC1. The van der Waals surface area contributed by atoms with Crippen LogP contribution in [-0.2, 0) is 27.1 Å². The van der Waals surface area contributed by atoms with Gasteiger partial charge in [-0.15, -0.1) is 0 Å². The van der Waals surface area contributed by atoms with E-state index in [2.05, 4.69) is 10.2 Å². The zero-order valence-corrected chi connectivity index (χ0v) is 22.4. The minimum absolute atomic E-state index is 0.0389. The number of amides is 1. The van der Waals surface area contributed by atoms with E-state index in [0.29, 0.717) is 43.6 Å². The molecule has 3 fully saturated rings. The van der Waals surface area contributed by atoms with Crippen molar-refractivity contribution in [2.45, 2.75) is 49.1 Å². The van der Waals surface area contributed by atoms with Crippen LogP contribution in [0, 0.1) is 0 Å². The highest BCUT2D eigenvalue weighted by Gasteiger charge is 2.34. The third-order valence-corrected chi connectivity index (χ3v) is 9.12. The second-order valence-corrected chi connectivity index (χ2v) is 11.7. The van der Waals surface area contributed by atoms with Crippen molar-refractivity contribution in [3.8, 4) is 5.75 Å². The summed E-state index contributed by atoms with van der Waals surface area (Å²) in [6, 6.07) is 7.74. The quantitative estimate of drug-likeness (QED) is 0.550. The number of nitrogens with one attached hydrogen (secondary N) is 1. The molecule has 204 valence electrons. The zero-order chi connectivity index (χ0) is 25.9. The molecule has 10 nitrogen and oxygen atoms in total. The van der Waals surface area contributed by atoms with Gasteiger partial charge in [-0.1, -0.05) is 0 Å². The number of carbonyl (C=O) groups is 1. The van der Waals surface area contributed by atoms with Crippen LogP contribution in [0.1, 0.15) is 41.7 Å². The predicted octanol–water partition coefficient (Wildman–Crippen LogP) is 2.25. The van der Waals surface area contributed by atoms with Gasteiger partial charge in [-0.2, -0.15) is 4.98 Å². The van der Waals surface area contributed by atoms with E-state index in [1.54, 1.807) is 0 Å². The molecule has 3 saturated heterocycles. The fourth-order valence-electron chi connectivity index (χ4n) is 5.45. The van der Waals surface area contributed by atoms with Gasteiger partial charge in [-0.3, -0.25) is 4.79 Å². The number of morpholine rings is 1. The molecule has 0 bridgehead atoms. The Balaban J connectivity index is 1.07. The number of nitrogens with zero attached hydrogens (tertiary/aromatic N) is 4. The third kappa shape index (κ3) is 5.70. The van der Waals surface area contributed by atoms with E-state index < -0.39 is 11.2 Å². The molecule has 38 heavy (non-hydrogen) atoms. The minimum Gasteiger partial charge on any atom is -0.611 e. The monoisotopic (exact) mass is 541 g/mol. The van der Waals surface area contributed by atoms with Crippen molar-refractivity contribution in [3.63, 3.8) is 0 Å². The summed E-state index contributed by atoms with van der Waals surface area (Å²) >= 11 is -1.05. The van der Waals surface area contributed by atoms with Crippen LogP contribution in [0.5, 0.6) is 5.75 Å². The summed E-state index contributed by atoms with van der Waals surface area (Å²) in [7, 11) is 0. The average Bonchev–Trinajstić information content (AvgIpc) is 3.35. The first kappa shape index (κ1) is 25.7. The van der Waals surface area contributed by atoms with Crippen LogP contribution < -0.4 is 15.0 Å². The summed E-state index contributed by atoms with van der Waals surface area (Å²) in [6.07, 6.45) is 4.36. The molecular weight excluding hydrogens is 506 g/mol. The van der Waals surface area contributed by atoms with Crippen molar-refractivity contribution in [2.24, 2.45) is 0 Å². The molecule has 0 aliphatic carbocycles. The van der Waals surface area contributed by atoms with E-state index in [1.165, 1.54) is 0 Å². The topological polar surface area (TPSA) is 112 Å². The molecule has 1 aromatic carbocycles. The van der Waals surface area contributed by atoms with Crippen LogP contribution in [0.25, 0.3) is 0 Å². The highest BCUT2D eigenvalue weighted by atomic mass is 32.2. The lowest BCUT2D eigenvalue weighted by Gasteiger charge is -2.33. The van der Waals surface area contributed by atoms with Crippen LogP contribution >= 0.6 is 0 Å². The molecule has 1 unspecified atom stereocenters. The summed E-state index contributed by atoms with van der Waals surface area (Å²) < 4.78 is 29.8. The summed E-state index contributed by atoms with van der Waals surface area (Å²) in [5.74, 6) is 2.88. The van der Waals surface area contributed by atoms with Gasteiger partial charge in [-0.25, -0.2) is 4.98 Å². The first-order valence-electron chi connectivity index (χ1n) is 13.7. The maximum Gasteiger partial charge on any atom is 0.254 e. The summed E-state index contributed by atoms with van der Waals surface area (Å²) in [5, 5.41) is 3.56. The maximum atomic E-state index is 12.7. The minimum atomic E-state index is -1.05. The first-order chi connectivity index (χ1) is 18.6. The van der Waals surface area contributed by atoms with Crippen molar-refractivity contribution in [1.82, 2.24) is 14.9 Å². The molecule has 1 amide bonds. The number of rotatable bonds is 6.